The number of hydrogen-bond acceptors (Lipinski definition) is 3. The van der Waals surface area contributed by atoms with Crippen molar-refractivity contribution < 1.29 is 9.18 Å². The molecule has 2 aromatic carbocycles. The fraction of sp³-hybridized carbons (Fsp3) is 0.167. The highest BCUT2D eigenvalue weighted by Crippen LogP contribution is 2.15. The smallest absolute Gasteiger partial charge is 0.276 e. The van der Waals surface area contributed by atoms with Crippen LogP contribution in [0.25, 0.3) is 10.9 Å². The van der Waals surface area contributed by atoms with Gasteiger partial charge in [-0.15, -0.1) is 0 Å². The Labute approximate surface area is 148 Å². The van der Waals surface area contributed by atoms with Crippen LogP contribution in [0.1, 0.15) is 23.0 Å². The topological polar surface area (TPSA) is 64.0 Å². The van der Waals surface area contributed by atoms with Gasteiger partial charge in [-0.1, -0.05) is 29.8 Å². The third-order valence-electron chi connectivity index (χ3n) is 3.83. The van der Waals surface area contributed by atoms with Gasteiger partial charge in [-0.3, -0.25) is 14.3 Å². The van der Waals surface area contributed by atoms with Crippen molar-refractivity contribution in [1.82, 2.24) is 15.1 Å². The average molecular weight is 360 g/mol. The third-order valence-corrected chi connectivity index (χ3v) is 4.20. The summed E-state index contributed by atoms with van der Waals surface area (Å²) in [6.07, 6.45) is 0. The summed E-state index contributed by atoms with van der Waals surface area (Å²) in [6.45, 7) is 2.42. The lowest BCUT2D eigenvalue weighted by Gasteiger charge is -2.11. The van der Waals surface area contributed by atoms with Gasteiger partial charge >= 0.3 is 0 Å². The molecule has 128 valence electrons. The molecule has 1 aromatic heterocycles. The number of nitrogens with one attached hydrogen (secondary N) is 1. The highest BCUT2D eigenvalue weighted by molar-refractivity contribution is 6.31. The second-order valence-corrected chi connectivity index (χ2v) is 5.84. The largest absolute Gasteiger partial charge is 0.346 e. The van der Waals surface area contributed by atoms with E-state index in [4.69, 9.17) is 11.6 Å². The molecular weight excluding hydrogens is 345 g/mol. The summed E-state index contributed by atoms with van der Waals surface area (Å²) >= 11 is 6.05. The molecule has 0 unspecified atom stereocenters. The summed E-state index contributed by atoms with van der Waals surface area (Å²) in [5, 5.41) is 7.40. The number of amides is 1. The fourth-order valence-electron chi connectivity index (χ4n) is 2.55. The molecule has 1 amide bonds. The van der Waals surface area contributed by atoms with Crippen LogP contribution in [-0.4, -0.2) is 15.7 Å². The minimum atomic E-state index is -0.627. The molecule has 25 heavy (non-hydrogen) atoms. The number of fused-ring (bicyclic) bond motifs is 1. The van der Waals surface area contributed by atoms with Crippen LogP contribution in [0.15, 0.2) is 47.3 Å². The van der Waals surface area contributed by atoms with Crippen LogP contribution in [0.4, 0.5) is 4.39 Å². The first-order valence-corrected chi connectivity index (χ1v) is 8.11. The van der Waals surface area contributed by atoms with E-state index in [-0.39, 0.29) is 17.6 Å². The van der Waals surface area contributed by atoms with Crippen LogP contribution in [-0.2, 0) is 13.1 Å². The van der Waals surface area contributed by atoms with E-state index in [1.807, 2.05) is 6.92 Å². The summed E-state index contributed by atoms with van der Waals surface area (Å²) < 4.78 is 15.0. The number of nitrogens with zero attached hydrogens (tertiary/aromatic N) is 2. The standard InChI is InChI=1S/C18H15ClFN3O2/c1-2-23-15-8-7-12(20)9-13(15)17(24)16(22-23)18(25)21-10-11-5-3-4-6-14(11)19/h3-9H,2,10H2,1H3,(H,21,25). The summed E-state index contributed by atoms with van der Waals surface area (Å²) in [4.78, 5) is 25.0. The van der Waals surface area contributed by atoms with Gasteiger partial charge in [-0.25, -0.2) is 4.39 Å². The number of rotatable bonds is 4. The fourth-order valence-corrected chi connectivity index (χ4v) is 2.76. The van der Waals surface area contributed by atoms with Crippen LogP contribution in [0, 0.1) is 5.82 Å². The molecule has 0 fully saturated rings. The summed E-state index contributed by atoms with van der Waals surface area (Å²) in [5.41, 5.74) is 0.333. The molecule has 3 aromatic rings. The highest BCUT2D eigenvalue weighted by atomic mass is 35.5. The zero-order valence-electron chi connectivity index (χ0n) is 13.4. The average Bonchev–Trinajstić information content (AvgIpc) is 2.61. The van der Waals surface area contributed by atoms with E-state index in [9.17, 15) is 14.0 Å². The molecule has 0 atom stereocenters. The van der Waals surface area contributed by atoms with Crippen molar-refractivity contribution in [2.45, 2.75) is 20.0 Å². The Bertz CT molecular complexity index is 1020. The van der Waals surface area contributed by atoms with Crippen molar-refractivity contribution in [2.75, 3.05) is 0 Å². The molecule has 0 spiro atoms. The normalized spacial score (nSPS) is 10.8. The van der Waals surface area contributed by atoms with E-state index in [2.05, 4.69) is 10.4 Å². The number of carbonyl (C=O) groups is 1. The van der Waals surface area contributed by atoms with Gasteiger partial charge in [0.05, 0.1) is 10.9 Å². The van der Waals surface area contributed by atoms with Gasteiger partial charge in [0, 0.05) is 18.1 Å². The number of aromatic nitrogens is 2. The molecule has 1 heterocycles. The number of carbonyl (C=O) groups excluding carboxylic acids is 1. The Hall–Kier alpha value is -2.73. The monoisotopic (exact) mass is 359 g/mol. The lowest BCUT2D eigenvalue weighted by molar-refractivity contribution is 0.0943. The summed E-state index contributed by atoms with van der Waals surface area (Å²) in [7, 11) is 0. The molecule has 0 aliphatic rings. The highest BCUT2D eigenvalue weighted by Gasteiger charge is 2.17. The lowest BCUT2D eigenvalue weighted by atomic mass is 10.1. The van der Waals surface area contributed by atoms with Crippen LogP contribution in [0.5, 0.6) is 0 Å². The number of aryl methyl sites for hydroxylation is 1. The second-order valence-electron chi connectivity index (χ2n) is 5.43. The van der Waals surface area contributed by atoms with Gasteiger partial charge in [-0.2, -0.15) is 5.10 Å². The summed E-state index contributed by atoms with van der Waals surface area (Å²) in [5.74, 6) is -1.17. The Balaban J connectivity index is 1.97. The minimum absolute atomic E-state index is 0.125. The van der Waals surface area contributed by atoms with Gasteiger partial charge in [0.1, 0.15) is 5.82 Å². The molecule has 3 rings (SSSR count). The molecule has 1 N–H and O–H groups in total. The van der Waals surface area contributed by atoms with Gasteiger partial charge in [-0.05, 0) is 36.8 Å². The van der Waals surface area contributed by atoms with Gasteiger partial charge < -0.3 is 5.32 Å². The van der Waals surface area contributed by atoms with Crippen molar-refractivity contribution in [3.05, 3.63) is 74.8 Å². The Morgan fingerprint density at radius 3 is 2.76 bits per heavy atom. The van der Waals surface area contributed by atoms with E-state index in [1.54, 1.807) is 24.3 Å². The minimum Gasteiger partial charge on any atom is -0.346 e. The SMILES string of the molecule is CCn1nc(C(=O)NCc2ccccc2Cl)c(=O)c2cc(F)ccc21. The van der Waals surface area contributed by atoms with E-state index < -0.39 is 17.2 Å². The molecule has 0 aliphatic heterocycles. The molecular formula is C18H15ClFN3O2. The second kappa shape index (κ2) is 7.03. The maximum absolute atomic E-state index is 13.5. The van der Waals surface area contributed by atoms with Crippen molar-refractivity contribution in [2.24, 2.45) is 0 Å². The molecule has 0 aliphatic carbocycles. The first-order chi connectivity index (χ1) is 12.0. The number of halogens is 2. The molecule has 7 heteroatoms. The van der Waals surface area contributed by atoms with Crippen molar-refractivity contribution in [3.8, 4) is 0 Å². The Morgan fingerprint density at radius 1 is 1.28 bits per heavy atom. The predicted molar refractivity (Wildman–Crippen MR) is 94.3 cm³/mol. The molecule has 0 saturated carbocycles. The third kappa shape index (κ3) is 3.39. The first kappa shape index (κ1) is 17.1. The predicted octanol–water partition coefficient (Wildman–Crippen LogP) is 3.14. The zero-order chi connectivity index (χ0) is 18.0. The lowest BCUT2D eigenvalue weighted by Crippen LogP contribution is -2.31. The first-order valence-electron chi connectivity index (χ1n) is 7.73. The summed E-state index contributed by atoms with van der Waals surface area (Å²) in [6, 6.07) is 10.9. The molecule has 5 nitrogen and oxygen atoms in total. The van der Waals surface area contributed by atoms with Crippen molar-refractivity contribution in [3.63, 3.8) is 0 Å². The van der Waals surface area contributed by atoms with Crippen molar-refractivity contribution in [1.29, 1.82) is 0 Å². The molecule has 0 bridgehead atoms. The van der Waals surface area contributed by atoms with Crippen LogP contribution in [0.2, 0.25) is 5.02 Å². The van der Waals surface area contributed by atoms with E-state index in [0.29, 0.717) is 17.1 Å². The maximum atomic E-state index is 13.5. The van der Waals surface area contributed by atoms with Crippen LogP contribution < -0.4 is 10.7 Å². The molecule has 0 radical (unpaired) electrons. The van der Waals surface area contributed by atoms with Crippen molar-refractivity contribution >= 4 is 28.4 Å². The Morgan fingerprint density at radius 2 is 2.04 bits per heavy atom. The number of hydrogen-bond donors (Lipinski definition) is 1. The van der Waals surface area contributed by atoms with Crippen LogP contribution >= 0.6 is 11.6 Å². The maximum Gasteiger partial charge on any atom is 0.276 e. The number of benzene rings is 2. The van der Waals surface area contributed by atoms with E-state index in [0.717, 1.165) is 11.6 Å². The van der Waals surface area contributed by atoms with Gasteiger partial charge in [0.25, 0.3) is 5.91 Å². The zero-order valence-corrected chi connectivity index (χ0v) is 14.2. The van der Waals surface area contributed by atoms with Crippen LogP contribution in [0.3, 0.4) is 0 Å². The quantitative estimate of drug-likeness (QED) is 0.778. The van der Waals surface area contributed by atoms with Gasteiger partial charge in [0.2, 0.25) is 5.43 Å². The van der Waals surface area contributed by atoms with E-state index >= 15 is 0 Å². The van der Waals surface area contributed by atoms with E-state index in [1.165, 1.54) is 16.8 Å². The van der Waals surface area contributed by atoms with Gasteiger partial charge in [0.15, 0.2) is 5.69 Å². The Kier molecular flexibility index (Phi) is 4.81. The molecule has 0 saturated heterocycles.